The van der Waals surface area contributed by atoms with E-state index in [9.17, 15) is 9.59 Å². The molecule has 6 nitrogen and oxygen atoms in total. The van der Waals surface area contributed by atoms with Crippen molar-refractivity contribution in [2.75, 3.05) is 26.9 Å². The third-order valence-electron chi connectivity index (χ3n) is 7.93. The van der Waals surface area contributed by atoms with Gasteiger partial charge < -0.3 is 19.1 Å². The highest BCUT2D eigenvalue weighted by molar-refractivity contribution is 5.89. The molecule has 5 fully saturated rings. The molecule has 0 spiro atoms. The lowest BCUT2D eigenvalue weighted by Crippen LogP contribution is -2.56. The van der Waals surface area contributed by atoms with Gasteiger partial charge in [0.1, 0.15) is 30.8 Å². The predicted octanol–water partition coefficient (Wildman–Crippen LogP) is 3.82. The van der Waals surface area contributed by atoms with Crippen LogP contribution >= 0.6 is 0 Å². The third kappa shape index (κ3) is 4.01. The molecular weight excluding hydrogens is 394 g/mol. The Bertz CT molecular complexity index is 784. The zero-order valence-electron chi connectivity index (χ0n) is 18.4. The second-order valence-corrected chi connectivity index (χ2v) is 10.0. The topological polar surface area (TPSA) is 65.1 Å². The summed E-state index contributed by atoms with van der Waals surface area (Å²) in [5.41, 5.74) is -0.199. The summed E-state index contributed by atoms with van der Waals surface area (Å²) in [7, 11) is 1.62. The molecule has 4 saturated carbocycles. The highest BCUT2D eigenvalue weighted by Gasteiger charge is 2.56. The molecule has 1 aromatic carbocycles. The van der Waals surface area contributed by atoms with E-state index in [1.807, 2.05) is 29.2 Å². The minimum absolute atomic E-state index is 0.181. The molecule has 0 aromatic heterocycles. The zero-order chi connectivity index (χ0) is 21.4. The van der Waals surface area contributed by atoms with Crippen LogP contribution in [0.5, 0.6) is 11.5 Å². The average Bonchev–Trinajstić information content (AvgIpc) is 3.25. The average molecular weight is 428 g/mol. The number of carbonyl (C=O) groups is 2. The second-order valence-electron chi connectivity index (χ2n) is 10.0. The lowest BCUT2D eigenvalue weighted by molar-refractivity contribution is -0.165. The summed E-state index contributed by atoms with van der Waals surface area (Å²) in [6.45, 7) is 1.15. The first-order valence-electron chi connectivity index (χ1n) is 11.8. The van der Waals surface area contributed by atoms with Crippen molar-refractivity contribution in [3.8, 4) is 11.5 Å². The molecule has 1 heterocycles. The van der Waals surface area contributed by atoms with Crippen LogP contribution in [0.3, 0.4) is 0 Å². The lowest BCUT2D eigenvalue weighted by Gasteiger charge is -2.56. The summed E-state index contributed by atoms with van der Waals surface area (Å²) >= 11 is 0. The molecule has 4 aliphatic carbocycles. The van der Waals surface area contributed by atoms with Crippen molar-refractivity contribution in [2.24, 2.45) is 23.2 Å². The van der Waals surface area contributed by atoms with Gasteiger partial charge in [0.2, 0.25) is 5.91 Å². The molecule has 1 aliphatic heterocycles. The number of carbonyl (C=O) groups excluding carboxylic acids is 2. The Morgan fingerprint density at radius 2 is 1.58 bits per heavy atom. The summed E-state index contributed by atoms with van der Waals surface area (Å²) in [5, 5.41) is 0. The first-order chi connectivity index (χ1) is 15.1. The van der Waals surface area contributed by atoms with Crippen LogP contribution in [0.1, 0.15) is 51.4 Å². The molecule has 31 heavy (non-hydrogen) atoms. The summed E-state index contributed by atoms with van der Waals surface area (Å²) in [6, 6.07) is 6.87. The molecule has 0 N–H and O–H groups in total. The van der Waals surface area contributed by atoms with Crippen molar-refractivity contribution in [2.45, 2.75) is 57.4 Å². The molecule has 1 aromatic rings. The van der Waals surface area contributed by atoms with E-state index in [2.05, 4.69) is 0 Å². The molecule has 1 atom stereocenters. The van der Waals surface area contributed by atoms with Crippen LogP contribution < -0.4 is 9.47 Å². The number of nitrogens with zero attached hydrogens (tertiary/aromatic N) is 1. The van der Waals surface area contributed by atoms with Crippen LogP contribution in [0, 0.1) is 23.2 Å². The Morgan fingerprint density at radius 3 is 2.19 bits per heavy atom. The van der Waals surface area contributed by atoms with Crippen LogP contribution in [0.4, 0.5) is 0 Å². The number of ether oxygens (including phenoxy) is 3. The fourth-order valence-electron chi connectivity index (χ4n) is 7.00. The first kappa shape index (κ1) is 20.7. The third-order valence-corrected chi connectivity index (χ3v) is 7.93. The van der Waals surface area contributed by atoms with Crippen LogP contribution in [-0.2, 0) is 14.3 Å². The van der Waals surface area contributed by atoms with E-state index >= 15 is 0 Å². The van der Waals surface area contributed by atoms with Gasteiger partial charge in [-0.3, -0.25) is 4.79 Å². The summed E-state index contributed by atoms with van der Waals surface area (Å²) in [4.78, 5) is 28.3. The number of likely N-dealkylation sites (tertiary alicyclic amines) is 1. The van der Waals surface area contributed by atoms with Crippen molar-refractivity contribution in [1.82, 2.24) is 4.90 Å². The van der Waals surface area contributed by atoms with Crippen molar-refractivity contribution in [3.05, 3.63) is 24.3 Å². The SMILES string of the molecule is COc1ccc(OCCOC(=O)C2CCCN2C(=O)C23CC4CC(CC(C4)C2)C3)cc1. The van der Waals surface area contributed by atoms with E-state index in [4.69, 9.17) is 14.2 Å². The van der Waals surface area contributed by atoms with Gasteiger partial charge in [-0.05, 0) is 93.4 Å². The van der Waals surface area contributed by atoms with Gasteiger partial charge in [0.05, 0.1) is 12.5 Å². The minimum Gasteiger partial charge on any atom is -0.497 e. The Hall–Kier alpha value is -2.24. The number of hydrogen-bond donors (Lipinski definition) is 0. The van der Waals surface area contributed by atoms with Gasteiger partial charge in [-0.15, -0.1) is 0 Å². The maximum atomic E-state index is 13.7. The van der Waals surface area contributed by atoms with Crippen molar-refractivity contribution in [1.29, 1.82) is 0 Å². The van der Waals surface area contributed by atoms with Crippen molar-refractivity contribution in [3.63, 3.8) is 0 Å². The standard InChI is InChI=1S/C25H33NO5/c1-29-20-4-6-21(7-5-20)30-9-10-31-23(27)22-3-2-8-26(22)24(28)25-14-17-11-18(15-25)13-19(12-17)16-25/h4-7,17-19,22H,2-3,8-16H2,1H3. The van der Waals surface area contributed by atoms with E-state index in [-0.39, 0.29) is 30.5 Å². The number of rotatable bonds is 7. The van der Waals surface area contributed by atoms with Crippen LogP contribution in [0.25, 0.3) is 0 Å². The Labute approximate surface area is 184 Å². The van der Waals surface area contributed by atoms with Gasteiger partial charge in [0.15, 0.2) is 0 Å². The molecule has 6 heteroatoms. The van der Waals surface area contributed by atoms with E-state index in [1.165, 1.54) is 19.3 Å². The molecule has 5 aliphatic rings. The molecule has 1 saturated heterocycles. The van der Waals surface area contributed by atoms with E-state index in [0.29, 0.717) is 18.7 Å². The largest absolute Gasteiger partial charge is 0.497 e. The fraction of sp³-hybridized carbons (Fsp3) is 0.680. The summed E-state index contributed by atoms with van der Waals surface area (Å²) in [5.74, 6) is 3.59. The highest BCUT2D eigenvalue weighted by atomic mass is 16.6. The lowest BCUT2D eigenvalue weighted by atomic mass is 9.49. The van der Waals surface area contributed by atoms with Crippen LogP contribution in [0.2, 0.25) is 0 Å². The number of benzene rings is 1. The van der Waals surface area contributed by atoms with Gasteiger partial charge in [-0.1, -0.05) is 0 Å². The number of hydrogen-bond acceptors (Lipinski definition) is 5. The quantitative estimate of drug-likeness (QED) is 0.489. The molecule has 6 rings (SSSR count). The monoisotopic (exact) mass is 427 g/mol. The Balaban J connectivity index is 1.14. The molecule has 0 radical (unpaired) electrons. The van der Waals surface area contributed by atoms with Gasteiger partial charge >= 0.3 is 5.97 Å². The molecular formula is C25H33NO5. The maximum absolute atomic E-state index is 13.7. The van der Waals surface area contributed by atoms with Gasteiger partial charge in [-0.2, -0.15) is 0 Å². The van der Waals surface area contributed by atoms with E-state index in [1.54, 1.807) is 7.11 Å². The number of methoxy groups -OCH3 is 1. The molecule has 1 amide bonds. The summed E-state index contributed by atoms with van der Waals surface area (Å²) < 4.78 is 16.3. The van der Waals surface area contributed by atoms with Gasteiger partial charge in [0.25, 0.3) is 0 Å². The maximum Gasteiger partial charge on any atom is 0.328 e. The van der Waals surface area contributed by atoms with Crippen LogP contribution in [0.15, 0.2) is 24.3 Å². The summed E-state index contributed by atoms with van der Waals surface area (Å²) in [6.07, 6.45) is 8.62. The zero-order valence-corrected chi connectivity index (χ0v) is 18.4. The van der Waals surface area contributed by atoms with E-state index in [0.717, 1.165) is 49.2 Å². The van der Waals surface area contributed by atoms with Crippen molar-refractivity contribution < 1.29 is 23.8 Å². The van der Waals surface area contributed by atoms with Crippen molar-refractivity contribution >= 4 is 11.9 Å². The van der Waals surface area contributed by atoms with E-state index < -0.39 is 6.04 Å². The highest BCUT2D eigenvalue weighted by Crippen LogP contribution is 2.60. The number of esters is 1. The Kier molecular flexibility index (Phi) is 5.57. The van der Waals surface area contributed by atoms with Gasteiger partial charge in [-0.25, -0.2) is 4.79 Å². The Morgan fingerprint density at radius 1 is 0.968 bits per heavy atom. The predicted molar refractivity (Wildman–Crippen MR) is 115 cm³/mol. The fourth-order valence-corrected chi connectivity index (χ4v) is 7.00. The molecule has 168 valence electrons. The molecule has 1 unspecified atom stereocenters. The minimum atomic E-state index is -0.429. The smallest absolute Gasteiger partial charge is 0.328 e. The first-order valence-corrected chi connectivity index (χ1v) is 11.8. The second kappa shape index (κ2) is 8.36. The normalized spacial score (nSPS) is 33.4. The molecule has 4 bridgehead atoms. The van der Waals surface area contributed by atoms with Gasteiger partial charge in [0, 0.05) is 6.54 Å². The van der Waals surface area contributed by atoms with Crippen LogP contribution in [-0.4, -0.2) is 49.7 Å². The number of amides is 1.